The van der Waals surface area contributed by atoms with Crippen molar-refractivity contribution in [3.8, 4) is 0 Å². The maximum Gasteiger partial charge on any atom is 0.306 e. The predicted octanol–water partition coefficient (Wildman–Crippen LogP) is 6.80. The van der Waals surface area contributed by atoms with Crippen LogP contribution in [0, 0.1) is 5.92 Å². The molecular formula is C38H69N3O8. The van der Waals surface area contributed by atoms with Crippen LogP contribution in [-0.2, 0) is 28.8 Å². The summed E-state index contributed by atoms with van der Waals surface area (Å²) in [4.78, 5) is 70.2. The van der Waals surface area contributed by atoms with E-state index in [2.05, 4.69) is 5.32 Å². The van der Waals surface area contributed by atoms with Crippen molar-refractivity contribution >= 4 is 35.2 Å². The number of nitrogens with two attached hydrogens (primary N) is 2. The van der Waals surface area contributed by atoms with Crippen LogP contribution < -0.4 is 16.8 Å². The highest BCUT2D eigenvalue weighted by Crippen LogP contribution is 2.17. The Balaban J connectivity index is 3.81. The summed E-state index contributed by atoms with van der Waals surface area (Å²) in [5.74, 6) is -2.92. The Morgan fingerprint density at radius 1 is 0.531 bits per heavy atom. The predicted molar refractivity (Wildman–Crippen MR) is 193 cm³/mol. The zero-order chi connectivity index (χ0) is 36.7. The summed E-state index contributed by atoms with van der Waals surface area (Å²) in [5.41, 5.74) is 11.7. The number of amides is 1. The Kier molecular flexibility index (Phi) is 29.6. The molecule has 0 heterocycles. The number of hydrogen-bond donors (Lipinski definition) is 5. The average molecular weight is 696 g/mol. The molecule has 0 aromatic rings. The van der Waals surface area contributed by atoms with Gasteiger partial charge >= 0.3 is 11.9 Å². The highest BCUT2D eigenvalue weighted by atomic mass is 16.4. The molecule has 0 rings (SSSR count). The highest BCUT2D eigenvalue weighted by Gasteiger charge is 2.22. The minimum atomic E-state index is -1.05. The topological polar surface area (TPSA) is 207 Å². The van der Waals surface area contributed by atoms with Gasteiger partial charge in [0.2, 0.25) is 5.91 Å². The van der Waals surface area contributed by atoms with Gasteiger partial charge in [0.1, 0.15) is 17.3 Å². The molecule has 0 spiro atoms. The second-order valence-corrected chi connectivity index (χ2v) is 13.9. The zero-order valence-corrected chi connectivity index (χ0v) is 30.5. The van der Waals surface area contributed by atoms with Crippen LogP contribution in [0.5, 0.6) is 0 Å². The van der Waals surface area contributed by atoms with Crippen LogP contribution in [0.15, 0.2) is 0 Å². The number of carboxylic acids is 2. The van der Waals surface area contributed by atoms with Crippen molar-refractivity contribution in [1.29, 1.82) is 0 Å². The summed E-state index contributed by atoms with van der Waals surface area (Å²) in [6, 6.07) is -0.960. The van der Waals surface area contributed by atoms with E-state index in [-0.39, 0.29) is 48.9 Å². The Morgan fingerprint density at radius 3 is 1.49 bits per heavy atom. The lowest BCUT2D eigenvalue weighted by Crippen LogP contribution is -2.31. The second kappa shape index (κ2) is 31.3. The maximum absolute atomic E-state index is 12.4. The van der Waals surface area contributed by atoms with Gasteiger partial charge in [0.05, 0.1) is 18.0 Å². The first-order valence-electron chi connectivity index (χ1n) is 19.2. The molecule has 0 aliphatic heterocycles. The molecule has 0 radical (unpaired) electrons. The number of aliphatic carboxylic acids is 2. The largest absolute Gasteiger partial charge is 0.481 e. The monoisotopic (exact) mass is 696 g/mol. The fraction of sp³-hybridized carbons (Fsp3) is 0.842. The van der Waals surface area contributed by atoms with E-state index >= 15 is 0 Å². The molecule has 0 aromatic heterocycles. The number of carbonyl (C=O) groups is 6. The van der Waals surface area contributed by atoms with Crippen LogP contribution in [0.25, 0.3) is 0 Å². The van der Waals surface area contributed by atoms with Gasteiger partial charge in [-0.15, -0.1) is 0 Å². The minimum absolute atomic E-state index is 0.0169. The summed E-state index contributed by atoms with van der Waals surface area (Å²) in [7, 11) is 0. The van der Waals surface area contributed by atoms with E-state index < -0.39 is 29.9 Å². The third-order valence-electron chi connectivity index (χ3n) is 9.28. The SMILES string of the molecule is CC(=O)[C@@H](N)CCCCCC(=O)[C@@H](N)CCCCNC(=O)CC[C@H](CC(=O)CCCCCCCCCCCCCCCCC(=O)O)C(=O)O. The van der Waals surface area contributed by atoms with Crippen molar-refractivity contribution in [3.63, 3.8) is 0 Å². The van der Waals surface area contributed by atoms with Crippen LogP contribution in [0.3, 0.4) is 0 Å². The average Bonchev–Trinajstić information content (AvgIpc) is 3.05. The lowest BCUT2D eigenvalue weighted by atomic mass is 9.94. The van der Waals surface area contributed by atoms with Crippen molar-refractivity contribution < 1.29 is 39.0 Å². The molecule has 0 aliphatic rings. The van der Waals surface area contributed by atoms with E-state index in [1.807, 2.05) is 0 Å². The molecule has 3 atom stereocenters. The third-order valence-corrected chi connectivity index (χ3v) is 9.28. The number of ketones is 3. The Morgan fingerprint density at radius 2 is 0.980 bits per heavy atom. The number of Topliss-reactive ketones (excluding diaryl/α,β-unsaturated/α-hetero) is 3. The van der Waals surface area contributed by atoms with Gasteiger partial charge in [-0.1, -0.05) is 89.9 Å². The molecule has 1 amide bonds. The van der Waals surface area contributed by atoms with Gasteiger partial charge in [-0.25, -0.2) is 0 Å². The van der Waals surface area contributed by atoms with Crippen LogP contribution in [-0.4, -0.2) is 64.0 Å². The zero-order valence-electron chi connectivity index (χ0n) is 30.5. The Hall–Kier alpha value is -2.66. The van der Waals surface area contributed by atoms with Gasteiger partial charge in [-0.05, 0) is 58.3 Å². The van der Waals surface area contributed by atoms with E-state index in [4.69, 9.17) is 16.6 Å². The number of carboxylic acid groups (broad SMARTS) is 2. The first-order chi connectivity index (χ1) is 23.4. The molecule has 0 bridgehead atoms. The number of rotatable bonds is 36. The molecular weight excluding hydrogens is 626 g/mol. The fourth-order valence-electron chi connectivity index (χ4n) is 5.91. The van der Waals surface area contributed by atoms with Gasteiger partial charge in [0, 0.05) is 38.6 Å². The quantitative estimate of drug-likeness (QED) is 0.0433. The summed E-state index contributed by atoms with van der Waals surface area (Å²) < 4.78 is 0. The fourth-order valence-corrected chi connectivity index (χ4v) is 5.91. The molecule has 0 saturated carbocycles. The van der Waals surface area contributed by atoms with Crippen molar-refractivity contribution in [2.75, 3.05) is 6.54 Å². The molecule has 284 valence electrons. The van der Waals surface area contributed by atoms with Gasteiger partial charge < -0.3 is 27.0 Å². The molecule has 0 saturated heterocycles. The van der Waals surface area contributed by atoms with E-state index in [9.17, 15) is 33.9 Å². The number of hydrogen-bond acceptors (Lipinski definition) is 8. The number of carbonyl (C=O) groups excluding carboxylic acids is 4. The van der Waals surface area contributed by atoms with E-state index in [1.54, 1.807) is 0 Å². The van der Waals surface area contributed by atoms with Crippen molar-refractivity contribution in [3.05, 3.63) is 0 Å². The smallest absolute Gasteiger partial charge is 0.306 e. The normalized spacial score (nSPS) is 13.0. The first-order valence-corrected chi connectivity index (χ1v) is 19.2. The van der Waals surface area contributed by atoms with Gasteiger partial charge in [0.25, 0.3) is 0 Å². The summed E-state index contributed by atoms with van der Waals surface area (Å²) in [5, 5.41) is 21.0. The second-order valence-electron chi connectivity index (χ2n) is 13.9. The Bertz CT molecular complexity index is 942. The molecule has 11 nitrogen and oxygen atoms in total. The van der Waals surface area contributed by atoms with Crippen LogP contribution in [0.4, 0.5) is 0 Å². The molecule has 11 heteroatoms. The lowest BCUT2D eigenvalue weighted by Gasteiger charge is -2.13. The summed E-state index contributed by atoms with van der Waals surface area (Å²) >= 11 is 0. The minimum Gasteiger partial charge on any atom is -0.481 e. The molecule has 0 aromatic carbocycles. The standard InChI is InChI=1S/C38H69N3O8/c1-30(42)33(39)22-16-14-17-24-35(44)34(40)23-19-20-28-41-36(45)27-26-31(38(48)49)29-32(43)21-15-12-10-8-6-4-2-3-5-7-9-11-13-18-25-37(46)47/h31,33-34H,2-29,39-40H2,1H3,(H,41,45)(H,46,47)(H,48,49)/t31-,33+,34+/m1/s1. The number of nitrogens with one attached hydrogen (secondary N) is 1. The lowest BCUT2D eigenvalue weighted by molar-refractivity contribution is -0.144. The third kappa shape index (κ3) is 29.9. The summed E-state index contributed by atoms with van der Waals surface area (Å²) in [6.07, 6.45) is 21.5. The summed E-state index contributed by atoms with van der Waals surface area (Å²) in [6.45, 7) is 1.90. The van der Waals surface area contributed by atoms with E-state index in [0.29, 0.717) is 45.1 Å². The van der Waals surface area contributed by atoms with Crippen LogP contribution in [0.2, 0.25) is 0 Å². The Labute approximate surface area is 295 Å². The van der Waals surface area contributed by atoms with E-state index in [0.717, 1.165) is 64.2 Å². The van der Waals surface area contributed by atoms with Crippen LogP contribution in [0.1, 0.15) is 180 Å². The first kappa shape index (κ1) is 46.3. The van der Waals surface area contributed by atoms with Gasteiger partial charge in [0.15, 0.2) is 0 Å². The number of unbranched alkanes of at least 4 members (excludes halogenated alkanes) is 16. The maximum atomic E-state index is 12.4. The molecule has 7 N–H and O–H groups in total. The van der Waals surface area contributed by atoms with Crippen molar-refractivity contribution in [1.82, 2.24) is 5.32 Å². The van der Waals surface area contributed by atoms with Crippen molar-refractivity contribution in [2.45, 2.75) is 192 Å². The van der Waals surface area contributed by atoms with Crippen LogP contribution >= 0.6 is 0 Å². The van der Waals surface area contributed by atoms with Gasteiger partial charge in [-0.3, -0.25) is 28.8 Å². The molecule has 0 fully saturated rings. The molecule has 0 aliphatic carbocycles. The van der Waals surface area contributed by atoms with Gasteiger partial charge in [-0.2, -0.15) is 0 Å². The molecule has 49 heavy (non-hydrogen) atoms. The highest BCUT2D eigenvalue weighted by molar-refractivity contribution is 5.84. The molecule has 0 unspecified atom stereocenters. The van der Waals surface area contributed by atoms with Crippen molar-refractivity contribution in [2.24, 2.45) is 17.4 Å². The van der Waals surface area contributed by atoms with E-state index in [1.165, 1.54) is 51.9 Å².